The van der Waals surface area contributed by atoms with Crippen LogP contribution < -0.4 is 15.2 Å². The molecule has 2 N–H and O–H groups in total. The molecular weight excluding hydrogens is 234 g/mol. The van der Waals surface area contributed by atoms with E-state index in [0.717, 1.165) is 5.75 Å². The molecule has 2 aromatic rings. The lowest BCUT2D eigenvalue weighted by atomic mass is 10.2. The Balaban J connectivity index is 1.83. The van der Waals surface area contributed by atoms with Crippen LogP contribution in [0.1, 0.15) is 30.8 Å². The highest BCUT2D eigenvalue weighted by molar-refractivity contribution is 5.40. The van der Waals surface area contributed by atoms with Gasteiger partial charge in [0, 0.05) is 0 Å². The fourth-order valence-corrected chi connectivity index (χ4v) is 1.70. The van der Waals surface area contributed by atoms with E-state index in [4.69, 9.17) is 19.7 Å². The number of nitrogens with zero attached hydrogens (tertiary/aromatic N) is 2. The number of ether oxygens (including phenoxy) is 2. The van der Waals surface area contributed by atoms with Crippen molar-refractivity contribution in [3.63, 3.8) is 0 Å². The maximum absolute atomic E-state index is 5.75. The third-order valence-electron chi connectivity index (χ3n) is 2.65. The van der Waals surface area contributed by atoms with Crippen LogP contribution >= 0.6 is 0 Å². The smallest absolute Gasteiger partial charge is 0.271 e. The van der Waals surface area contributed by atoms with Crippen molar-refractivity contribution in [3.8, 4) is 11.5 Å². The average Bonchev–Trinajstić information content (AvgIpc) is 2.88. The van der Waals surface area contributed by atoms with E-state index in [9.17, 15) is 0 Å². The van der Waals surface area contributed by atoms with Gasteiger partial charge in [0.2, 0.25) is 6.10 Å². The highest BCUT2D eigenvalue weighted by atomic mass is 16.6. The van der Waals surface area contributed by atoms with Gasteiger partial charge in [0.25, 0.3) is 5.89 Å². The topological polar surface area (TPSA) is 83.4 Å². The van der Waals surface area contributed by atoms with Gasteiger partial charge >= 0.3 is 0 Å². The van der Waals surface area contributed by atoms with E-state index >= 15 is 0 Å². The number of hydrogen-bond acceptors (Lipinski definition) is 6. The van der Waals surface area contributed by atoms with Crippen molar-refractivity contribution in [3.05, 3.63) is 36.0 Å². The molecule has 0 saturated heterocycles. The van der Waals surface area contributed by atoms with Gasteiger partial charge < -0.3 is 19.7 Å². The average molecular weight is 247 g/mol. The zero-order chi connectivity index (χ0) is 12.5. The summed E-state index contributed by atoms with van der Waals surface area (Å²) in [7, 11) is 0. The summed E-state index contributed by atoms with van der Waals surface area (Å²) in [4.78, 5) is 4.20. The highest BCUT2D eigenvalue weighted by Crippen LogP contribution is 2.35. The lowest BCUT2D eigenvalue weighted by Crippen LogP contribution is -2.22. The Bertz CT molecular complexity index is 553. The number of hydrogen-bond donors (Lipinski definition) is 1. The van der Waals surface area contributed by atoms with Crippen molar-refractivity contribution < 1.29 is 14.0 Å². The van der Waals surface area contributed by atoms with Crippen LogP contribution in [0.25, 0.3) is 0 Å². The highest BCUT2D eigenvalue weighted by Gasteiger charge is 2.27. The van der Waals surface area contributed by atoms with E-state index in [1.165, 1.54) is 0 Å². The third-order valence-corrected chi connectivity index (χ3v) is 2.65. The SMILES string of the molecule is CC(N)c1noc(C2COc3ccccc3O2)n1. The Morgan fingerprint density at radius 3 is 2.83 bits per heavy atom. The number of benzene rings is 1. The zero-order valence-electron chi connectivity index (χ0n) is 9.87. The molecule has 6 nitrogen and oxygen atoms in total. The van der Waals surface area contributed by atoms with Crippen LogP contribution in [-0.2, 0) is 0 Å². The van der Waals surface area contributed by atoms with Crippen LogP contribution in [0.2, 0.25) is 0 Å². The molecule has 0 fully saturated rings. The molecule has 0 amide bonds. The number of aromatic nitrogens is 2. The molecule has 6 heteroatoms. The van der Waals surface area contributed by atoms with Gasteiger partial charge in [-0.2, -0.15) is 4.98 Å². The van der Waals surface area contributed by atoms with Crippen LogP contribution in [0.4, 0.5) is 0 Å². The first-order valence-electron chi connectivity index (χ1n) is 5.71. The van der Waals surface area contributed by atoms with Gasteiger partial charge in [-0.05, 0) is 19.1 Å². The summed E-state index contributed by atoms with van der Waals surface area (Å²) in [5.41, 5.74) is 5.68. The Morgan fingerprint density at radius 2 is 2.11 bits per heavy atom. The van der Waals surface area contributed by atoms with Crippen molar-refractivity contribution in [2.24, 2.45) is 5.73 Å². The van der Waals surface area contributed by atoms with Gasteiger partial charge in [-0.25, -0.2) is 0 Å². The van der Waals surface area contributed by atoms with Crippen LogP contribution in [0.3, 0.4) is 0 Å². The Hall–Kier alpha value is -2.08. The van der Waals surface area contributed by atoms with E-state index in [-0.39, 0.29) is 12.1 Å². The maximum Gasteiger partial charge on any atom is 0.271 e. The monoisotopic (exact) mass is 247 g/mol. The number of para-hydroxylation sites is 2. The summed E-state index contributed by atoms with van der Waals surface area (Å²) < 4.78 is 16.5. The van der Waals surface area contributed by atoms with E-state index in [0.29, 0.717) is 24.1 Å². The summed E-state index contributed by atoms with van der Waals surface area (Å²) in [6.07, 6.45) is -0.389. The van der Waals surface area contributed by atoms with Crippen LogP contribution in [0, 0.1) is 0 Å². The molecule has 2 atom stereocenters. The van der Waals surface area contributed by atoms with Gasteiger partial charge in [0.05, 0.1) is 6.04 Å². The minimum Gasteiger partial charge on any atom is -0.485 e. The fourth-order valence-electron chi connectivity index (χ4n) is 1.70. The molecule has 2 unspecified atom stereocenters. The molecule has 1 aromatic carbocycles. The van der Waals surface area contributed by atoms with E-state index in [2.05, 4.69) is 10.1 Å². The van der Waals surface area contributed by atoms with Crippen LogP contribution in [-0.4, -0.2) is 16.7 Å². The first kappa shape index (κ1) is 11.0. The number of rotatable bonds is 2. The zero-order valence-corrected chi connectivity index (χ0v) is 9.87. The molecule has 0 radical (unpaired) electrons. The van der Waals surface area contributed by atoms with Crippen LogP contribution in [0.15, 0.2) is 28.8 Å². The molecule has 94 valence electrons. The van der Waals surface area contributed by atoms with Gasteiger partial charge in [-0.15, -0.1) is 0 Å². The summed E-state index contributed by atoms with van der Waals surface area (Å²) in [6.45, 7) is 2.14. The van der Waals surface area contributed by atoms with Crippen molar-refractivity contribution in [2.75, 3.05) is 6.61 Å². The third kappa shape index (κ3) is 1.91. The largest absolute Gasteiger partial charge is 0.485 e. The standard InChI is InChI=1S/C12H13N3O3/c1-7(13)11-14-12(18-15-11)10-6-16-8-4-2-3-5-9(8)17-10/h2-5,7,10H,6,13H2,1H3. The van der Waals surface area contributed by atoms with Crippen molar-refractivity contribution >= 4 is 0 Å². The van der Waals surface area contributed by atoms with E-state index < -0.39 is 0 Å². The summed E-state index contributed by atoms with van der Waals surface area (Å²) in [5, 5.41) is 3.80. The molecule has 0 spiro atoms. The first-order chi connectivity index (χ1) is 8.74. The Labute approximate surface area is 104 Å². The van der Waals surface area contributed by atoms with Crippen molar-refractivity contribution in [2.45, 2.75) is 19.1 Å². The van der Waals surface area contributed by atoms with E-state index in [1.807, 2.05) is 24.3 Å². The second kappa shape index (κ2) is 4.30. The molecule has 1 aromatic heterocycles. The van der Waals surface area contributed by atoms with Crippen LogP contribution in [0.5, 0.6) is 11.5 Å². The number of nitrogens with two attached hydrogens (primary N) is 1. The Kier molecular flexibility index (Phi) is 2.64. The van der Waals surface area contributed by atoms with E-state index in [1.54, 1.807) is 6.92 Å². The minimum atomic E-state index is -0.389. The second-order valence-corrected chi connectivity index (χ2v) is 4.14. The quantitative estimate of drug-likeness (QED) is 0.867. The minimum absolute atomic E-state index is 0.265. The summed E-state index contributed by atoms with van der Waals surface area (Å²) >= 11 is 0. The van der Waals surface area contributed by atoms with Gasteiger partial charge in [0.15, 0.2) is 17.3 Å². The van der Waals surface area contributed by atoms with Crippen molar-refractivity contribution in [1.29, 1.82) is 0 Å². The maximum atomic E-state index is 5.75. The molecule has 0 aliphatic carbocycles. The lowest BCUT2D eigenvalue weighted by Gasteiger charge is -2.23. The summed E-state index contributed by atoms with van der Waals surface area (Å²) in [6, 6.07) is 7.20. The molecular formula is C12H13N3O3. The number of fused-ring (bicyclic) bond motifs is 1. The van der Waals surface area contributed by atoms with Gasteiger partial charge in [-0.1, -0.05) is 17.3 Å². The molecule has 2 heterocycles. The molecule has 1 aliphatic heterocycles. The first-order valence-corrected chi connectivity index (χ1v) is 5.71. The van der Waals surface area contributed by atoms with Gasteiger partial charge in [-0.3, -0.25) is 0 Å². The molecule has 18 heavy (non-hydrogen) atoms. The fraction of sp³-hybridized carbons (Fsp3) is 0.333. The normalized spacial score (nSPS) is 19.6. The predicted molar refractivity (Wildman–Crippen MR) is 62.2 cm³/mol. The molecule has 3 rings (SSSR count). The second-order valence-electron chi connectivity index (χ2n) is 4.14. The molecule has 0 saturated carbocycles. The molecule has 0 bridgehead atoms. The summed E-state index contributed by atoms with van der Waals surface area (Å²) in [5.74, 6) is 2.25. The molecule has 1 aliphatic rings. The Morgan fingerprint density at radius 1 is 1.33 bits per heavy atom. The predicted octanol–water partition coefficient (Wildman–Crippen LogP) is 1.60. The van der Waals surface area contributed by atoms with Crippen molar-refractivity contribution in [1.82, 2.24) is 10.1 Å². The van der Waals surface area contributed by atoms with Gasteiger partial charge in [0.1, 0.15) is 6.61 Å². The lowest BCUT2D eigenvalue weighted by molar-refractivity contribution is 0.0665.